The molecule has 0 aromatic rings. The van der Waals surface area contributed by atoms with Crippen LogP contribution in [0.4, 0.5) is 0 Å². The van der Waals surface area contributed by atoms with E-state index >= 15 is 0 Å². The Hall–Kier alpha value is -1.23. The maximum atomic E-state index is 5.25. The Kier molecular flexibility index (Phi) is 4.25. The molecule has 0 saturated heterocycles. The van der Waals surface area contributed by atoms with Crippen LogP contribution in [-0.2, 0) is 0 Å². The number of allylic oxidation sites excluding steroid dienone is 2. The second-order valence-corrected chi connectivity index (χ2v) is 1.41. The van der Waals surface area contributed by atoms with Gasteiger partial charge < -0.3 is 5.73 Å². The molecule has 0 aliphatic rings. The first-order valence-electron chi connectivity index (χ1n) is 2.73. The van der Waals surface area contributed by atoms with Crippen molar-refractivity contribution in [2.75, 3.05) is 6.54 Å². The van der Waals surface area contributed by atoms with E-state index in [9.17, 15) is 0 Å². The van der Waals surface area contributed by atoms with Crippen LogP contribution in [0.25, 0.3) is 0 Å². The van der Waals surface area contributed by atoms with Crippen molar-refractivity contribution in [3.8, 4) is 12.3 Å². The number of hydrogen-bond acceptors (Lipinski definition) is 2. The number of terminal acetylenes is 1. The molecule has 0 atom stereocenters. The highest BCUT2D eigenvalue weighted by Gasteiger charge is 1.73. The molecule has 9 heavy (non-hydrogen) atoms. The summed E-state index contributed by atoms with van der Waals surface area (Å²) in [4.78, 5) is 3.88. The van der Waals surface area contributed by atoms with Crippen LogP contribution in [0.15, 0.2) is 16.8 Å². The molecule has 0 aromatic carbocycles. The van der Waals surface area contributed by atoms with Crippen molar-refractivity contribution in [3.63, 3.8) is 0 Å². The minimum absolute atomic E-state index is 0.409. The summed E-state index contributed by atoms with van der Waals surface area (Å²) in [5, 5.41) is 0. The molecule has 48 valence electrons. The monoisotopic (exact) mass is 122 g/mol. The first-order valence-corrected chi connectivity index (χ1v) is 2.73. The second-order valence-electron chi connectivity index (χ2n) is 1.41. The number of rotatable bonds is 2. The Morgan fingerprint density at radius 2 is 2.56 bits per heavy atom. The van der Waals surface area contributed by atoms with Crippen LogP contribution in [0.2, 0.25) is 0 Å². The highest BCUT2D eigenvalue weighted by Crippen LogP contribution is 1.74. The van der Waals surface area contributed by atoms with E-state index in [-0.39, 0.29) is 0 Å². The van der Waals surface area contributed by atoms with Gasteiger partial charge in [-0.05, 0) is 13.0 Å². The molecule has 2 N–H and O–H groups in total. The fourth-order valence-electron chi connectivity index (χ4n) is 0.287. The summed E-state index contributed by atoms with van der Waals surface area (Å²) in [6, 6.07) is 0. The molecule has 0 rings (SSSR count). The lowest BCUT2D eigenvalue weighted by Gasteiger charge is -1.81. The lowest BCUT2D eigenvalue weighted by molar-refractivity contribution is 1.14. The van der Waals surface area contributed by atoms with Gasteiger partial charge in [-0.1, -0.05) is 5.92 Å². The van der Waals surface area contributed by atoms with Crippen LogP contribution >= 0.6 is 0 Å². The minimum Gasteiger partial charge on any atom is -0.392 e. The van der Waals surface area contributed by atoms with E-state index in [1.807, 2.05) is 6.92 Å². The Bertz CT molecular complexity index is 160. The van der Waals surface area contributed by atoms with Gasteiger partial charge in [-0.3, -0.25) is 4.99 Å². The van der Waals surface area contributed by atoms with Gasteiger partial charge >= 0.3 is 0 Å². The number of aliphatic imine (C=N–C) groups is 1. The molecule has 0 radical (unpaired) electrons. The summed E-state index contributed by atoms with van der Waals surface area (Å²) in [5.41, 5.74) is 5.66. The van der Waals surface area contributed by atoms with Gasteiger partial charge in [0.2, 0.25) is 0 Å². The summed E-state index contributed by atoms with van der Waals surface area (Å²) in [6.45, 7) is 2.70. The molecular formula is C7H10N2. The average molecular weight is 122 g/mol. The van der Waals surface area contributed by atoms with E-state index in [2.05, 4.69) is 10.9 Å². The summed E-state index contributed by atoms with van der Waals surface area (Å²) >= 11 is 0. The maximum Gasteiger partial charge on any atom is 0.0839 e. The third-order valence-electron chi connectivity index (χ3n) is 0.709. The highest BCUT2D eigenvalue weighted by atomic mass is 14.7. The predicted octanol–water partition coefficient (Wildman–Crippen LogP) is 0.553. The average Bonchev–Trinajstić information content (AvgIpc) is 1.89. The van der Waals surface area contributed by atoms with Crippen LogP contribution in [0.5, 0.6) is 0 Å². The van der Waals surface area contributed by atoms with Gasteiger partial charge in [0.05, 0.1) is 5.70 Å². The van der Waals surface area contributed by atoms with Gasteiger partial charge in [0.25, 0.3) is 0 Å². The van der Waals surface area contributed by atoms with Crippen molar-refractivity contribution in [1.82, 2.24) is 0 Å². The van der Waals surface area contributed by atoms with E-state index in [1.165, 1.54) is 0 Å². The molecule has 0 unspecified atom stereocenters. The minimum atomic E-state index is 0.409. The fourth-order valence-corrected chi connectivity index (χ4v) is 0.287. The number of nitrogens with two attached hydrogens (primary N) is 1. The molecule has 2 nitrogen and oxygen atoms in total. The topological polar surface area (TPSA) is 38.4 Å². The molecule has 0 heterocycles. The van der Waals surface area contributed by atoms with Crippen molar-refractivity contribution in [2.45, 2.75) is 6.92 Å². The molecule has 2 heteroatoms. The first-order chi connectivity index (χ1) is 4.31. The zero-order chi connectivity index (χ0) is 7.11. The van der Waals surface area contributed by atoms with Crippen LogP contribution in [0.1, 0.15) is 6.92 Å². The maximum absolute atomic E-state index is 5.25. The molecular weight excluding hydrogens is 112 g/mol. The van der Waals surface area contributed by atoms with E-state index in [4.69, 9.17) is 12.2 Å². The normalized spacial score (nSPS) is 11.8. The van der Waals surface area contributed by atoms with Gasteiger partial charge in [-0.15, -0.1) is 6.42 Å². The van der Waals surface area contributed by atoms with Gasteiger partial charge in [0.1, 0.15) is 0 Å². The summed E-state index contributed by atoms with van der Waals surface area (Å²) in [7, 11) is 0. The molecule has 0 saturated carbocycles. The van der Waals surface area contributed by atoms with Crippen LogP contribution in [-0.4, -0.2) is 12.8 Å². The molecule has 0 bridgehead atoms. The third-order valence-corrected chi connectivity index (χ3v) is 0.709. The lowest BCUT2D eigenvalue weighted by atomic mass is 10.4. The predicted molar refractivity (Wildman–Crippen MR) is 40.1 cm³/mol. The Morgan fingerprint density at radius 3 is 3.00 bits per heavy atom. The Morgan fingerprint density at radius 1 is 1.89 bits per heavy atom. The lowest BCUT2D eigenvalue weighted by Crippen LogP contribution is -1.92. The molecule has 0 fully saturated rings. The highest BCUT2D eigenvalue weighted by molar-refractivity contribution is 5.73. The molecule has 0 aromatic heterocycles. The fraction of sp³-hybridized carbons (Fsp3) is 0.286. The van der Waals surface area contributed by atoms with Gasteiger partial charge in [0.15, 0.2) is 0 Å². The van der Waals surface area contributed by atoms with Gasteiger partial charge in [0, 0.05) is 12.8 Å². The summed E-state index contributed by atoms with van der Waals surface area (Å²) < 4.78 is 0. The summed E-state index contributed by atoms with van der Waals surface area (Å²) in [6.07, 6.45) is 8.16. The number of hydrogen-bond donors (Lipinski definition) is 1. The standard InChI is InChI=1S/C7H10N2/c1-3-7(8)5-6-9-4-2/h1,5-6H,4,8H2,2H3. The van der Waals surface area contributed by atoms with Crippen LogP contribution in [0, 0.1) is 12.3 Å². The van der Waals surface area contributed by atoms with Gasteiger partial charge in [-0.2, -0.15) is 0 Å². The van der Waals surface area contributed by atoms with E-state index < -0.39 is 0 Å². The third kappa shape index (κ3) is 4.63. The van der Waals surface area contributed by atoms with Crippen molar-refractivity contribution in [3.05, 3.63) is 11.8 Å². The quantitative estimate of drug-likeness (QED) is 0.421. The second kappa shape index (κ2) is 4.92. The van der Waals surface area contributed by atoms with E-state index in [1.54, 1.807) is 12.3 Å². The number of nitrogens with zero attached hydrogens (tertiary/aromatic N) is 1. The Balaban J connectivity index is 3.72. The zero-order valence-corrected chi connectivity index (χ0v) is 5.46. The largest absolute Gasteiger partial charge is 0.392 e. The summed E-state index contributed by atoms with van der Waals surface area (Å²) in [5.74, 6) is 2.27. The Labute approximate surface area is 55.5 Å². The zero-order valence-electron chi connectivity index (χ0n) is 5.46. The van der Waals surface area contributed by atoms with Crippen LogP contribution < -0.4 is 5.73 Å². The van der Waals surface area contributed by atoms with Crippen molar-refractivity contribution < 1.29 is 0 Å². The van der Waals surface area contributed by atoms with E-state index in [0.29, 0.717) is 5.70 Å². The van der Waals surface area contributed by atoms with Crippen molar-refractivity contribution in [2.24, 2.45) is 10.7 Å². The van der Waals surface area contributed by atoms with E-state index in [0.717, 1.165) is 6.54 Å². The first kappa shape index (κ1) is 7.77. The molecule has 0 spiro atoms. The molecule has 0 aliphatic carbocycles. The SMILES string of the molecule is C#CC(N)=CC=NCC. The smallest absolute Gasteiger partial charge is 0.0839 e. The van der Waals surface area contributed by atoms with Crippen LogP contribution in [0.3, 0.4) is 0 Å². The molecule has 0 aliphatic heterocycles. The van der Waals surface area contributed by atoms with Gasteiger partial charge in [-0.25, -0.2) is 0 Å². The van der Waals surface area contributed by atoms with Crippen molar-refractivity contribution >= 4 is 6.21 Å². The molecule has 0 amide bonds. The van der Waals surface area contributed by atoms with Crippen molar-refractivity contribution in [1.29, 1.82) is 0 Å².